The van der Waals surface area contributed by atoms with Crippen molar-refractivity contribution in [2.75, 3.05) is 11.6 Å². The number of nitrogens with one attached hydrogen (secondary N) is 1. The van der Waals surface area contributed by atoms with Crippen molar-refractivity contribution in [3.63, 3.8) is 0 Å². The maximum Gasteiger partial charge on any atom is 0.224 e. The minimum Gasteiger partial charge on any atom is -0.326 e. The maximum atomic E-state index is 12.3. The summed E-state index contributed by atoms with van der Waals surface area (Å²) < 4.78 is 2.21. The third kappa shape index (κ3) is 2.76. The quantitative estimate of drug-likeness (QED) is 0.819. The standard InChI is InChI=1S/C17H20N2OS2/c1-21-17-19-14-5-4-13(9-15(14)22-17)18-16(20)8-12-7-10-2-3-11(12)6-10/h4-5,9-12H,2-3,6-8H2,1H3,(H,18,20)/t10-,11-,12-/m1/s1. The molecule has 2 fully saturated rings. The number of nitrogens with zero attached hydrogens (tertiary/aromatic N) is 1. The molecule has 0 radical (unpaired) electrons. The number of benzene rings is 1. The molecule has 2 bridgehead atoms. The lowest BCUT2D eigenvalue weighted by atomic mass is 9.86. The highest BCUT2D eigenvalue weighted by Gasteiger charge is 2.40. The monoisotopic (exact) mass is 332 g/mol. The van der Waals surface area contributed by atoms with Crippen molar-refractivity contribution in [1.82, 2.24) is 4.98 Å². The van der Waals surface area contributed by atoms with Gasteiger partial charge in [-0.1, -0.05) is 18.2 Å². The van der Waals surface area contributed by atoms with Gasteiger partial charge < -0.3 is 5.32 Å². The van der Waals surface area contributed by atoms with Gasteiger partial charge in [0.15, 0.2) is 4.34 Å². The number of amides is 1. The fourth-order valence-electron chi connectivity index (χ4n) is 4.15. The predicted molar refractivity (Wildman–Crippen MR) is 93.6 cm³/mol. The summed E-state index contributed by atoms with van der Waals surface area (Å²) in [7, 11) is 0. The van der Waals surface area contributed by atoms with Gasteiger partial charge in [-0.2, -0.15) is 0 Å². The Morgan fingerprint density at radius 2 is 2.32 bits per heavy atom. The first-order chi connectivity index (χ1) is 10.7. The van der Waals surface area contributed by atoms with Crippen LogP contribution in [0.3, 0.4) is 0 Å². The highest BCUT2D eigenvalue weighted by molar-refractivity contribution is 8.00. The van der Waals surface area contributed by atoms with Crippen molar-refractivity contribution in [1.29, 1.82) is 0 Å². The van der Waals surface area contributed by atoms with Crippen LogP contribution in [0.2, 0.25) is 0 Å². The minimum atomic E-state index is 0.173. The molecule has 5 heteroatoms. The largest absolute Gasteiger partial charge is 0.326 e. The Morgan fingerprint density at radius 1 is 1.41 bits per heavy atom. The Labute approximate surface area is 138 Å². The number of hydrogen-bond donors (Lipinski definition) is 1. The van der Waals surface area contributed by atoms with Crippen molar-refractivity contribution >= 4 is 44.9 Å². The normalized spacial score (nSPS) is 26.7. The van der Waals surface area contributed by atoms with Crippen molar-refractivity contribution in [3.05, 3.63) is 18.2 Å². The predicted octanol–water partition coefficient (Wildman–Crippen LogP) is 4.78. The zero-order valence-electron chi connectivity index (χ0n) is 12.7. The second kappa shape index (κ2) is 5.85. The molecule has 1 aromatic carbocycles. The van der Waals surface area contributed by atoms with Crippen LogP contribution in [0.25, 0.3) is 10.2 Å². The average Bonchev–Trinajstić information content (AvgIpc) is 3.20. The summed E-state index contributed by atoms with van der Waals surface area (Å²) in [6.07, 6.45) is 8.09. The smallest absolute Gasteiger partial charge is 0.224 e. The lowest BCUT2D eigenvalue weighted by molar-refractivity contribution is -0.117. The third-order valence-electron chi connectivity index (χ3n) is 5.16. The van der Waals surface area contributed by atoms with Gasteiger partial charge in [0.05, 0.1) is 10.2 Å². The molecule has 0 aliphatic heterocycles. The third-order valence-corrected chi connectivity index (χ3v) is 7.16. The van der Waals surface area contributed by atoms with Crippen LogP contribution in [-0.2, 0) is 4.79 Å². The van der Waals surface area contributed by atoms with Crippen molar-refractivity contribution in [3.8, 4) is 0 Å². The van der Waals surface area contributed by atoms with E-state index in [2.05, 4.69) is 10.3 Å². The van der Waals surface area contributed by atoms with Gasteiger partial charge in [-0.15, -0.1) is 11.3 Å². The van der Waals surface area contributed by atoms with Crippen molar-refractivity contribution in [2.45, 2.75) is 36.4 Å². The Bertz CT molecular complexity index is 712. The Kier molecular flexibility index (Phi) is 3.86. The van der Waals surface area contributed by atoms with Crippen LogP contribution in [0.4, 0.5) is 5.69 Å². The van der Waals surface area contributed by atoms with Crippen LogP contribution >= 0.6 is 23.1 Å². The van der Waals surface area contributed by atoms with E-state index in [4.69, 9.17) is 0 Å². The van der Waals surface area contributed by atoms with Gasteiger partial charge >= 0.3 is 0 Å². The molecular formula is C17H20N2OS2. The molecule has 0 spiro atoms. The molecule has 22 heavy (non-hydrogen) atoms. The van der Waals surface area contributed by atoms with Gasteiger partial charge in [0, 0.05) is 12.1 Å². The van der Waals surface area contributed by atoms with Gasteiger partial charge in [0.1, 0.15) is 0 Å². The summed E-state index contributed by atoms with van der Waals surface area (Å²) in [6, 6.07) is 6.01. The van der Waals surface area contributed by atoms with E-state index in [9.17, 15) is 4.79 Å². The molecule has 116 valence electrons. The number of rotatable bonds is 4. The number of hydrogen-bond acceptors (Lipinski definition) is 4. The summed E-state index contributed by atoms with van der Waals surface area (Å²) in [4.78, 5) is 16.8. The summed E-state index contributed by atoms with van der Waals surface area (Å²) in [6.45, 7) is 0. The van der Waals surface area contributed by atoms with Crippen LogP contribution in [0, 0.1) is 17.8 Å². The highest BCUT2D eigenvalue weighted by Crippen LogP contribution is 2.49. The molecule has 3 atom stereocenters. The number of carbonyl (C=O) groups is 1. The van der Waals surface area contributed by atoms with E-state index < -0.39 is 0 Å². The first-order valence-corrected chi connectivity index (χ1v) is 10.00. The van der Waals surface area contributed by atoms with E-state index in [-0.39, 0.29) is 5.91 Å². The lowest BCUT2D eigenvalue weighted by Gasteiger charge is -2.20. The number of carbonyl (C=O) groups excluding carboxylic acids is 1. The highest BCUT2D eigenvalue weighted by atomic mass is 32.2. The summed E-state index contributed by atoms with van der Waals surface area (Å²) in [5.41, 5.74) is 1.91. The molecule has 0 saturated heterocycles. The van der Waals surface area contributed by atoms with E-state index >= 15 is 0 Å². The van der Waals surface area contributed by atoms with Crippen LogP contribution < -0.4 is 5.32 Å². The molecule has 2 aliphatic rings. The van der Waals surface area contributed by atoms with Crippen LogP contribution in [0.15, 0.2) is 22.5 Å². The SMILES string of the molecule is CSc1nc2ccc(NC(=O)C[C@H]3C[C@@H]4CC[C@@H]3C4)cc2s1. The molecule has 1 amide bonds. The second-order valence-electron chi connectivity index (χ2n) is 6.55. The number of fused-ring (bicyclic) bond motifs is 3. The zero-order valence-corrected chi connectivity index (χ0v) is 14.3. The molecule has 2 aromatic rings. The molecule has 1 heterocycles. The molecule has 1 N–H and O–H groups in total. The molecule has 2 aliphatic carbocycles. The van der Waals surface area contributed by atoms with Gasteiger partial charge in [0.25, 0.3) is 0 Å². The topological polar surface area (TPSA) is 42.0 Å². The maximum absolute atomic E-state index is 12.3. The second-order valence-corrected chi connectivity index (χ2v) is 8.64. The van der Waals surface area contributed by atoms with Crippen molar-refractivity contribution < 1.29 is 4.79 Å². The first-order valence-electron chi connectivity index (χ1n) is 7.95. The van der Waals surface area contributed by atoms with E-state index in [1.54, 1.807) is 23.1 Å². The van der Waals surface area contributed by atoms with Crippen LogP contribution in [-0.4, -0.2) is 17.1 Å². The summed E-state index contributed by atoms with van der Waals surface area (Å²) in [5.74, 6) is 2.51. The molecule has 2 saturated carbocycles. The van der Waals surface area contributed by atoms with E-state index in [0.29, 0.717) is 12.3 Å². The number of anilines is 1. The average molecular weight is 332 g/mol. The number of aromatic nitrogens is 1. The lowest BCUT2D eigenvalue weighted by Crippen LogP contribution is -2.20. The molecule has 4 rings (SSSR count). The first kappa shape index (κ1) is 14.5. The van der Waals surface area contributed by atoms with E-state index in [1.807, 2.05) is 24.5 Å². The fraction of sp³-hybridized carbons (Fsp3) is 0.529. The molecule has 0 unspecified atom stereocenters. The number of thioether (sulfide) groups is 1. The van der Waals surface area contributed by atoms with E-state index in [1.165, 1.54) is 25.7 Å². The fourth-order valence-corrected chi connectivity index (χ4v) is 5.67. The zero-order chi connectivity index (χ0) is 15.1. The summed E-state index contributed by atoms with van der Waals surface area (Å²) in [5, 5.41) is 3.08. The Hall–Kier alpha value is -1.07. The van der Waals surface area contributed by atoms with Gasteiger partial charge in [-0.05, 0) is 61.5 Å². The molecular weight excluding hydrogens is 312 g/mol. The molecule has 3 nitrogen and oxygen atoms in total. The summed E-state index contributed by atoms with van der Waals surface area (Å²) >= 11 is 3.34. The number of thiazole rings is 1. The van der Waals surface area contributed by atoms with Gasteiger partial charge in [-0.3, -0.25) is 4.79 Å². The molecule has 1 aromatic heterocycles. The van der Waals surface area contributed by atoms with Gasteiger partial charge in [0.2, 0.25) is 5.91 Å². The van der Waals surface area contributed by atoms with Crippen molar-refractivity contribution in [2.24, 2.45) is 17.8 Å². The van der Waals surface area contributed by atoms with Crippen LogP contribution in [0.1, 0.15) is 32.1 Å². The minimum absolute atomic E-state index is 0.173. The van der Waals surface area contributed by atoms with Crippen LogP contribution in [0.5, 0.6) is 0 Å². The van der Waals surface area contributed by atoms with E-state index in [0.717, 1.165) is 32.1 Å². The Balaban J connectivity index is 1.42. The van der Waals surface area contributed by atoms with Gasteiger partial charge in [-0.25, -0.2) is 4.98 Å². The Morgan fingerprint density at radius 3 is 3.05 bits per heavy atom.